The van der Waals surface area contributed by atoms with Gasteiger partial charge in [-0.3, -0.25) is 10.1 Å². The molecule has 0 aliphatic carbocycles. The van der Waals surface area contributed by atoms with Crippen LogP contribution in [0.4, 0.5) is 0 Å². The van der Waals surface area contributed by atoms with E-state index in [1.807, 2.05) is 6.92 Å². The van der Waals surface area contributed by atoms with Crippen LogP contribution >= 0.6 is 11.6 Å². The van der Waals surface area contributed by atoms with Crippen LogP contribution in [-0.4, -0.2) is 25.1 Å². The van der Waals surface area contributed by atoms with Crippen molar-refractivity contribution in [2.24, 2.45) is 10.9 Å². The lowest BCUT2D eigenvalue weighted by Crippen LogP contribution is -2.33. The third-order valence-corrected chi connectivity index (χ3v) is 3.15. The molecule has 0 heterocycles. The van der Waals surface area contributed by atoms with Crippen LogP contribution in [0.5, 0.6) is 0 Å². The molecule has 0 saturated heterocycles. The molecule has 1 aromatic carbocycles. The Bertz CT molecular complexity index is 472. The van der Waals surface area contributed by atoms with Crippen molar-refractivity contribution in [3.8, 4) is 0 Å². The van der Waals surface area contributed by atoms with Gasteiger partial charge >= 0.3 is 0 Å². The number of halogens is 1. The molecule has 1 rings (SSSR count). The summed E-state index contributed by atoms with van der Waals surface area (Å²) in [6, 6.07) is 7.09. The highest BCUT2D eigenvalue weighted by molar-refractivity contribution is 6.34. The fourth-order valence-electron chi connectivity index (χ4n) is 1.28. The Morgan fingerprint density at radius 2 is 1.95 bits per heavy atom. The highest BCUT2D eigenvalue weighted by atomic mass is 35.5. The summed E-state index contributed by atoms with van der Waals surface area (Å²) in [7, 11) is 1.47. The van der Waals surface area contributed by atoms with Gasteiger partial charge in [-0.05, 0) is 25.0 Å². The molecular formula is C14H19ClN2O2. The molecule has 19 heavy (non-hydrogen) atoms. The Hall–Kier alpha value is -1.55. The molecule has 0 bridgehead atoms. The van der Waals surface area contributed by atoms with Crippen LogP contribution in [0, 0.1) is 5.92 Å². The van der Waals surface area contributed by atoms with E-state index in [1.165, 1.54) is 7.11 Å². The number of carbonyl (C=O) groups is 1. The van der Waals surface area contributed by atoms with Crippen molar-refractivity contribution in [3.05, 3.63) is 34.9 Å². The van der Waals surface area contributed by atoms with Crippen LogP contribution in [0.25, 0.3) is 0 Å². The topological polar surface area (TPSA) is 50.7 Å². The summed E-state index contributed by atoms with van der Waals surface area (Å²) in [6.45, 7) is 6.07. The molecular weight excluding hydrogens is 264 g/mol. The Morgan fingerprint density at radius 1 is 1.32 bits per heavy atom. The average molecular weight is 283 g/mol. The quantitative estimate of drug-likeness (QED) is 0.684. The number of hydrogen-bond acceptors (Lipinski definition) is 3. The van der Waals surface area contributed by atoms with E-state index in [0.29, 0.717) is 16.5 Å². The highest BCUT2D eigenvalue weighted by Gasteiger charge is 2.14. The molecule has 5 heteroatoms. The van der Waals surface area contributed by atoms with Gasteiger partial charge in [0.2, 0.25) is 0 Å². The van der Waals surface area contributed by atoms with Crippen molar-refractivity contribution < 1.29 is 9.53 Å². The lowest BCUT2D eigenvalue weighted by molar-refractivity contribution is 0.0968. The van der Waals surface area contributed by atoms with Crippen LogP contribution in [0.3, 0.4) is 0 Å². The summed E-state index contributed by atoms with van der Waals surface area (Å²) < 4.78 is 5.08. The van der Waals surface area contributed by atoms with Gasteiger partial charge in [0.15, 0.2) is 0 Å². The highest BCUT2D eigenvalue weighted by Crippen LogP contribution is 2.14. The number of amides is 1. The maximum absolute atomic E-state index is 12.0. The molecule has 0 radical (unpaired) electrons. The Labute approximate surface area is 118 Å². The van der Waals surface area contributed by atoms with E-state index >= 15 is 0 Å². The molecule has 1 atom stereocenters. The van der Waals surface area contributed by atoms with Gasteiger partial charge in [0.1, 0.15) is 0 Å². The van der Waals surface area contributed by atoms with Crippen molar-refractivity contribution >= 4 is 23.5 Å². The van der Waals surface area contributed by atoms with Crippen molar-refractivity contribution in [1.82, 2.24) is 5.32 Å². The predicted octanol–water partition coefficient (Wildman–Crippen LogP) is 3.12. The Kier molecular flexibility index (Phi) is 5.83. The Morgan fingerprint density at radius 3 is 2.47 bits per heavy atom. The number of rotatable bonds is 3. The van der Waals surface area contributed by atoms with Gasteiger partial charge in [-0.25, -0.2) is 4.99 Å². The zero-order valence-corrected chi connectivity index (χ0v) is 12.4. The van der Waals surface area contributed by atoms with Gasteiger partial charge in [-0.1, -0.05) is 37.6 Å². The zero-order chi connectivity index (χ0) is 14.4. The maximum atomic E-state index is 12.0. The van der Waals surface area contributed by atoms with Gasteiger partial charge in [-0.2, -0.15) is 0 Å². The SMILES string of the molecule is COC(=N[C@H](C)C(C)C)NC(=O)c1ccccc1Cl. The molecule has 0 fully saturated rings. The van der Waals surface area contributed by atoms with Crippen LogP contribution < -0.4 is 5.32 Å². The predicted molar refractivity (Wildman–Crippen MR) is 77.7 cm³/mol. The fourth-order valence-corrected chi connectivity index (χ4v) is 1.50. The van der Waals surface area contributed by atoms with Crippen LogP contribution in [-0.2, 0) is 4.74 Å². The second-order valence-corrected chi connectivity index (χ2v) is 4.96. The molecule has 1 aromatic rings. The molecule has 4 nitrogen and oxygen atoms in total. The standard InChI is InChI=1S/C14H19ClN2O2/c1-9(2)10(3)16-14(19-4)17-13(18)11-7-5-6-8-12(11)15/h5-10H,1-4H3,(H,16,17,18)/t10-/m1/s1. The third-order valence-electron chi connectivity index (χ3n) is 2.82. The fraction of sp³-hybridized carbons (Fsp3) is 0.429. The first-order valence-corrected chi connectivity index (χ1v) is 6.51. The summed E-state index contributed by atoms with van der Waals surface area (Å²) in [5.41, 5.74) is 0.395. The van der Waals surface area contributed by atoms with E-state index < -0.39 is 0 Å². The van der Waals surface area contributed by atoms with Gasteiger partial charge < -0.3 is 4.74 Å². The number of methoxy groups -OCH3 is 1. The summed E-state index contributed by atoms with van der Waals surface area (Å²) in [5.74, 6) is 0.0320. The molecule has 0 aromatic heterocycles. The van der Waals surface area contributed by atoms with Gasteiger partial charge in [0.05, 0.1) is 23.7 Å². The van der Waals surface area contributed by atoms with Gasteiger partial charge in [-0.15, -0.1) is 0 Å². The minimum Gasteiger partial charge on any atom is -0.468 e. The minimum absolute atomic E-state index is 0.0569. The number of benzene rings is 1. The first-order valence-electron chi connectivity index (χ1n) is 6.13. The first kappa shape index (κ1) is 15.5. The molecule has 0 aliphatic heterocycles. The number of aliphatic imine (C=N–C) groups is 1. The normalized spacial score (nSPS) is 13.3. The number of ether oxygens (including phenoxy) is 1. The van der Waals surface area contributed by atoms with Crippen molar-refractivity contribution in [3.63, 3.8) is 0 Å². The third kappa shape index (κ3) is 4.56. The van der Waals surface area contributed by atoms with E-state index in [1.54, 1.807) is 24.3 Å². The van der Waals surface area contributed by atoms with Crippen LogP contribution in [0.2, 0.25) is 5.02 Å². The second-order valence-electron chi connectivity index (χ2n) is 4.56. The number of carbonyl (C=O) groups excluding carboxylic acids is 1. The number of amidine groups is 1. The molecule has 0 unspecified atom stereocenters. The average Bonchev–Trinajstić information content (AvgIpc) is 2.37. The van der Waals surface area contributed by atoms with Gasteiger partial charge in [0.25, 0.3) is 11.9 Å². The maximum Gasteiger partial charge on any atom is 0.291 e. The summed E-state index contributed by atoms with van der Waals surface area (Å²) in [5, 5.41) is 3.01. The van der Waals surface area contributed by atoms with Crippen molar-refractivity contribution in [2.45, 2.75) is 26.8 Å². The zero-order valence-electron chi connectivity index (χ0n) is 11.6. The van der Waals surface area contributed by atoms with Crippen LogP contribution in [0.15, 0.2) is 29.3 Å². The molecule has 1 amide bonds. The molecule has 0 saturated carbocycles. The Balaban J connectivity index is 2.82. The van der Waals surface area contributed by atoms with E-state index in [0.717, 1.165) is 0 Å². The lowest BCUT2D eigenvalue weighted by atomic mass is 10.1. The number of nitrogens with zero attached hydrogens (tertiary/aromatic N) is 1. The van der Waals surface area contributed by atoms with E-state index in [2.05, 4.69) is 24.2 Å². The van der Waals surface area contributed by atoms with E-state index in [4.69, 9.17) is 16.3 Å². The van der Waals surface area contributed by atoms with Gasteiger partial charge in [0, 0.05) is 0 Å². The van der Waals surface area contributed by atoms with Crippen molar-refractivity contribution in [1.29, 1.82) is 0 Å². The van der Waals surface area contributed by atoms with E-state index in [-0.39, 0.29) is 18.0 Å². The number of hydrogen-bond donors (Lipinski definition) is 1. The van der Waals surface area contributed by atoms with Crippen LogP contribution in [0.1, 0.15) is 31.1 Å². The number of nitrogens with one attached hydrogen (secondary N) is 1. The molecule has 0 aliphatic rings. The monoisotopic (exact) mass is 282 g/mol. The van der Waals surface area contributed by atoms with Crippen molar-refractivity contribution in [2.75, 3.05) is 7.11 Å². The molecule has 0 spiro atoms. The summed E-state index contributed by atoms with van der Waals surface area (Å²) in [4.78, 5) is 16.3. The lowest BCUT2D eigenvalue weighted by Gasteiger charge is -2.13. The first-order chi connectivity index (χ1) is 8.95. The smallest absolute Gasteiger partial charge is 0.291 e. The minimum atomic E-state index is -0.331. The molecule has 104 valence electrons. The molecule has 1 N–H and O–H groups in total. The summed E-state index contributed by atoms with van der Waals surface area (Å²) in [6.07, 6.45) is 0. The largest absolute Gasteiger partial charge is 0.468 e. The second kappa shape index (κ2) is 7.14. The van der Waals surface area contributed by atoms with E-state index in [9.17, 15) is 4.79 Å². The summed E-state index contributed by atoms with van der Waals surface area (Å²) >= 11 is 5.96.